The molecule has 3 nitrogen and oxygen atoms in total. The van der Waals surface area contributed by atoms with Gasteiger partial charge in [-0.25, -0.2) is 0 Å². The van der Waals surface area contributed by atoms with E-state index in [1.807, 2.05) is 0 Å². The molecule has 3 heteroatoms. The lowest BCUT2D eigenvalue weighted by atomic mass is 10.0. The van der Waals surface area contributed by atoms with Crippen molar-refractivity contribution in [3.8, 4) is 0 Å². The Morgan fingerprint density at radius 2 is 1.89 bits per heavy atom. The van der Waals surface area contributed by atoms with Gasteiger partial charge >= 0.3 is 0 Å². The van der Waals surface area contributed by atoms with E-state index in [0.29, 0.717) is 24.7 Å². The van der Waals surface area contributed by atoms with Crippen LogP contribution >= 0.6 is 0 Å². The van der Waals surface area contributed by atoms with E-state index in [1.165, 1.54) is 51.4 Å². The average Bonchev–Trinajstić information content (AvgIpc) is 3.27. The van der Waals surface area contributed by atoms with Gasteiger partial charge in [-0.2, -0.15) is 0 Å². The maximum absolute atomic E-state index is 9.89. The highest BCUT2D eigenvalue weighted by atomic mass is 16.5. The first-order chi connectivity index (χ1) is 8.78. The molecule has 0 aliphatic heterocycles. The normalized spacial score (nSPS) is 28.5. The van der Waals surface area contributed by atoms with E-state index in [2.05, 4.69) is 5.32 Å². The number of ether oxygens (including phenoxy) is 1. The first-order valence-electron chi connectivity index (χ1n) is 7.79. The van der Waals surface area contributed by atoms with Crippen molar-refractivity contribution in [2.75, 3.05) is 19.7 Å². The Balaban J connectivity index is 1.26. The summed E-state index contributed by atoms with van der Waals surface area (Å²) in [6, 6.07) is 0. The van der Waals surface area contributed by atoms with E-state index >= 15 is 0 Å². The minimum absolute atomic E-state index is 0.333. The van der Waals surface area contributed by atoms with Crippen LogP contribution in [0.5, 0.6) is 0 Å². The standard InChI is InChI=1S/C15H27NO2/c17-13(10-18-14-3-1-2-4-14)9-16-11-15(7-8-15)12-5-6-12/h12-14,16-17H,1-11H2. The van der Waals surface area contributed by atoms with Crippen molar-refractivity contribution < 1.29 is 9.84 Å². The summed E-state index contributed by atoms with van der Waals surface area (Å²) < 4.78 is 5.73. The summed E-state index contributed by atoms with van der Waals surface area (Å²) >= 11 is 0. The molecule has 0 aromatic rings. The lowest BCUT2D eigenvalue weighted by molar-refractivity contribution is -0.00578. The van der Waals surface area contributed by atoms with Crippen LogP contribution in [-0.4, -0.2) is 37.0 Å². The van der Waals surface area contributed by atoms with Crippen molar-refractivity contribution in [2.24, 2.45) is 11.3 Å². The lowest BCUT2D eigenvalue weighted by Gasteiger charge is -2.19. The predicted molar refractivity (Wildman–Crippen MR) is 71.5 cm³/mol. The molecule has 1 unspecified atom stereocenters. The third kappa shape index (κ3) is 3.25. The van der Waals surface area contributed by atoms with Crippen LogP contribution in [0.4, 0.5) is 0 Å². The fourth-order valence-electron chi connectivity index (χ4n) is 3.43. The maximum Gasteiger partial charge on any atom is 0.0897 e. The minimum Gasteiger partial charge on any atom is -0.389 e. The summed E-state index contributed by atoms with van der Waals surface area (Å²) in [5.41, 5.74) is 0.631. The Bertz CT molecular complexity index is 268. The van der Waals surface area contributed by atoms with Crippen LogP contribution in [0.3, 0.4) is 0 Å². The molecule has 0 radical (unpaired) electrons. The van der Waals surface area contributed by atoms with Gasteiger partial charge in [-0.1, -0.05) is 12.8 Å². The van der Waals surface area contributed by atoms with Gasteiger partial charge in [0.15, 0.2) is 0 Å². The van der Waals surface area contributed by atoms with E-state index in [4.69, 9.17) is 4.74 Å². The molecule has 0 spiro atoms. The van der Waals surface area contributed by atoms with Crippen LogP contribution in [-0.2, 0) is 4.74 Å². The molecule has 0 aromatic carbocycles. The highest BCUT2D eigenvalue weighted by molar-refractivity contribution is 5.05. The fourth-order valence-corrected chi connectivity index (χ4v) is 3.43. The molecule has 0 heterocycles. The summed E-state index contributed by atoms with van der Waals surface area (Å²) in [6.45, 7) is 2.31. The zero-order chi connectivity index (χ0) is 12.4. The SMILES string of the molecule is OC(CNCC1(C2CC2)CC1)COC1CCCC1. The molecule has 2 N–H and O–H groups in total. The van der Waals surface area contributed by atoms with Gasteiger partial charge in [0.25, 0.3) is 0 Å². The average molecular weight is 253 g/mol. The topological polar surface area (TPSA) is 41.5 Å². The van der Waals surface area contributed by atoms with Gasteiger partial charge in [-0.15, -0.1) is 0 Å². The van der Waals surface area contributed by atoms with Crippen molar-refractivity contribution in [1.82, 2.24) is 5.32 Å². The number of hydrogen-bond donors (Lipinski definition) is 2. The summed E-state index contributed by atoms with van der Waals surface area (Å²) in [6.07, 6.45) is 10.7. The Morgan fingerprint density at radius 3 is 2.50 bits per heavy atom. The molecular formula is C15H27NO2. The molecule has 3 rings (SSSR count). The number of nitrogens with one attached hydrogen (secondary N) is 1. The second-order valence-corrected chi connectivity index (χ2v) is 6.66. The Labute approximate surface area is 110 Å². The van der Waals surface area contributed by atoms with Crippen molar-refractivity contribution >= 4 is 0 Å². The molecule has 3 fully saturated rings. The molecule has 3 aliphatic rings. The minimum atomic E-state index is -0.333. The smallest absolute Gasteiger partial charge is 0.0897 e. The Hall–Kier alpha value is -0.120. The van der Waals surface area contributed by atoms with E-state index < -0.39 is 0 Å². The van der Waals surface area contributed by atoms with Crippen LogP contribution in [0.2, 0.25) is 0 Å². The summed E-state index contributed by atoms with van der Waals surface area (Å²) in [4.78, 5) is 0. The largest absolute Gasteiger partial charge is 0.389 e. The number of aliphatic hydroxyl groups excluding tert-OH is 1. The third-order valence-corrected chi connectivity index (χ3v) is 5.02. The van der Waals surface area contributed by atoms with Crippen molar-refractivity contribution in [3.05, 3.63) is 0 Å². The molecule has 0 saturated heterocycles. The van der Waals surface area contributed by atoms with Gasteiger partial charge in [-0.3, -0.25) is 0 Å². The summed E-state index contributed by atoms with van der Waals surface area (Å²) in [7, 11) is 0. The number of rotatable bonds is 8. The van der Waals surface area contributed by atoms with Gasteiger partial charge in [-0.05, 0) is 49.9 Å². The number of hydrogen-bond acceptors (Lipinski definition) is 3. The molecule has 0 aromatic heterocycles. The molecular weight excluding hydrogens is 226 g/mol. The van der Waals surface area contributed by atoms with Gasteiger partial charge in [0.2, 0.25) is 0 Å². The maximum atomic E-state index is 9.89. The fraction of sp³-hybridized carbons (Fsp3) is 1.00. The van der Waals surface area contributed by atoms with Gasteiger partial charge in [0, 0.05) is 13.1 Å². The van der Waals surface area contributed by atoms with Gasteiger partial charge in [0.1, 0.15) is 0 Å². The van der Waals surface area contributed by atoms with Crippen LogP contribution in [0.1, 0.15) is 51.4 Å². The third-order valence-electron chi connectivity index (χ3n) is 5.02. The monoisotopic (exact) mass is 253 g/mol. The quantitative estimate of drug-likeness (QED) is 0.696. The molecule has 3 aliphatic carbocycles. The molecule has 18 heavy (non-hydrogen) atoms. The Morgan fingerprint density at radius 1 is 1.17 bits per heavy atom. The molecule has 0 amide bonds. The van der Waals surface area contributed by atoms with Gasteiger partial charge in [0.05, 0.1) is 18.8 Å². The first kappa shape index (κ1) is 12.9. The second-order valence-electron chi connectivity index (χ2n) is 6.66. The zero-order valence-electron chi connectivity index (χ0n) is 11.4. The van der Waals surface area contributed by atoms with Crippen molar-refractivity contribution in [1.29, 1.82) is 0 Å². The van der Waals surface area contributed by atoms with Crippen LogP contribution in [0.15, 0.2) is 0 Å². The van der Waals surface area contributed by atoms with Crippen LogP contribution < -0.4 is 5.32 Å². The van der Waals surface area contributed by atoms with E-state index in [1.54, 1.807) is 0 Å². The number of aliphatic hydroxyl groups is 1. The molecule has 1 atom stereocenters. The van der Waals surface area contributed by atoms with Gasteiger partial charge < -0.3 is 15.2 Å². The summed E-state index contributed by atoms with van der Waals surface area (Å²) in [5.74, 6) is 0.997. The van der Waals surface area contributed by atoms with E-state index in [9.17, 15) is 5.11 Å². The predicted octanol–water partition coefficient (Wildman–Crippen LogP) is 2.09. The Kier molecular flexibility index (Phi) is 3.92. The molecule has 0 bridgehead atoms. The highest BCUT2D eigenvalue weighted by Crippen LogP contribution is 2.60. The zero-order valence-corrected chi connectivity index (χ0v) is 11.4. The van der Waals surface area contributed by atoms with Crippen molar-refractivity contribution in [2.45, 2.75) is 63.6 Å². The molecule has 3 saturated carbocycles. The van der Waals surface area contributed by atoms with E-state index in [0.717, 1.165) is 12.5 Å². The molecule has 104 valence electrons. The highest BCUT2D eigenvalue weighted by Gasteiger charge is 2.53. The van der Waals surface area contributed by atoms with E-state index in [-0.39, 0.29) is 6.10 Å². The summed E-state index contributed by atoms with van der Waals surface area (Å²) in [5, 5.41) is 13.3. The first-order valence-corrected chi connectivity index (χ1v) is 7.79. The van der Waals surface area contributed by atoms with Crippen molar-refractivity contribution in [3.63, 3.8) is 0 Å². The second kappa shape index (κ2) is 5.48. The lowest BCUT2D eigenvalue weighted by Crippen LogP contribution is -2.35. The van der Waals surface area contributed by atoms with Crippen LogP contribution in [0.25, 0.3) is 0 Å². The van der Waals surface area contributed by atoms with Crippen LogP contribution in [0, 0.1) is 11.3 Å².